The summed E-state index contributed by atoms with van der Waals surface area (Å²) in [7, 11) is 0. The van der Waals surface area contributed by atoms with E-state index in [0.717, 1.165) is 68.5 Å². The number of piperidine rings is 3. The number of likely N-dealkylation sites (tertiary alicyclic amines) is 2. The van der Waals surface area contributed by atoms with Gasteiger partial charge in [0.05, 0.1) is 11.1 Å². The number of nitrogens with zero attached hydrogens (tertiary/aromatic N) is 4. The highest BCUT2D eigenvalue weighted by Crippen LogP contribution is 2.35. The third-order valence-electron chi connectivity index (χ3n) is 11.8. The molecule has 1 aromatic heterocycles. The summed E-state index contributed by atoms with van der Waals surface area (Å²) in [5.41, 5.74) is 3.23. The summed E-state index contributed by atoms with van der Waals surface area (Å²) in [4.78, 5) is 98.7. The Morgan fingerprint density at radius 1 is 0.847 bits per heavy atom. The lowest BCUT2D eigenvalue weighted by molar-refractivity contribution is -0.136. The van der Waals surface area contributed by atoms with E-state index in [4.69, 9.17) is 0 Å². The van der Waals surface area contributed by atoms with Crippen molar-refractivity contribution in [3.8, 4) is 0 Å². The predicted octanol–water partition coefficient (Wildman–Crippen LogP) is 5.22. The third kappa shape index (κ3) is 10.2. The number of aromatic nitrogens is 1. The van der Waals surface area contributed by atoms with Crippen molar-refractivity contribution >= 4 is 59.2 Å². The number of amides is 7. The topological polar surface area (TPSA) is 166 Å². The first kappa shape index (κ1) is 41.5. The van der Waals surface area contributed by atoms with Crippen molar-refractivity contribution in [1.82, 2.24) is 30.3 Å². The molecule has 0 bridgehead atoms. The van der Waals surface area contributed by atoms with Crippen molar-refractivity contribution in [3.63, 3.8) is 0 Å². The van der Waals surface area contributed by atoms with Gasteiger partial charge in [-0.1, -0.05) is 37.1 Å². The maximum absolute atomic E-state index is 13.4. The normalized spacial score (nSPS) is 19.0. The van der Waals surface area contributed by atoms with E-state index >= 15 is 0 Å². The van der Waals surface area contributed by atoms with Gasteiger partial charge in [-0.15, -0.1) is 11.8 Å². The van der Waals surface area contributed by atoms with Crippen LogP contribution < -0.4 is 10.6 Å². The molecule has 3 aromatic rings. The van der Waals surface area contributed by atoms with Gasteiger partial charge in [0.15, 0.2) is 0 Å². The zero-order valence-corrected chi connectivity index (χ0v) is 33.9. The number of nitrogens with one attached hydrogen (secondary N) is 2. The molecule has 0 aliphatic carbocycles. The molecule has 2 N–H and O–H groups in total. The molecule has 59 heavy (non-hydrogen) atoms. The van der Waals surface area contributed by atoms with Crippen LogP contribution in [-0.2, 0) is 19.2 Å². The molecule has 4 aliphatic heterocycles. The number of unbranched alkanes of at least 4 members (excludes halogenated alkanes) is 1. The van der Waals surface area contributed by atoms with Gasteiger partial charge < -0.3 is 15.1 Å². The van der Waals surface area contributed by atoms with Crippen LogP contribution in [0.15, 0.2) is 78.0 Å². The molecule has 1 unspecified atom stereocenters. The molecule has 3 fully saturated rings. The second-order valence-corrected chi connectivity index (χ2v) is 16.8. The molecule has 0 radical (unpaired) electrons. The number of hydrogen-bond donors (Lipinski definition) is 2. The number of rotatable bonds is 14. The van der Waals surface area contributed by atoms with Crippen LogP contribution in [0.4, 0.5) is 0 Å². The lowest BCUT2D eigenvalue weighted by atomic mass is 9.88. The van der Waals surface area contributed by atoms with Crippen LogP contribution in [0.1, 0.15) is 112 Å². The van der Waals surface area contributed by atoms with Gasteiger partial charge >= 0.3 is 0 Å². The Balaban J connectivity index is 0.790. The van der Waals surface area contributed by atoms with Crippen molar-refractivity contribution in [1.29, 1.82) is 0 Å². The predicted molar refractivity (Wildman–Crippen MR) is 222 cm³/mol. The van der Waals surface area contributed by atoms with Crippen LogP contribution in [0.3, 0.4) is 0 Å². The molecule has 4 aliphatic rings. The van der Waals surface area contributed by atoms with E-state index in [1.807, 2.05) is 34.1 Å². The number of carbonyl (C=O) groups excluding carboxylic acids is 7. The number of fused-ring (bicyclic) bond motifs is 1. The van der Waals surface area contributed by atoms with Crippen LogP contribution in [0, 0.1) is 5.92 Å². The number of carbonyl (C=O) groups is 7. The summed E-state index contributed by atoms with van der Waals surface area (Å²) in [6, 6.07) is 15.7. The maximum atomic E-state index is 13.4. The SMILES string of the molecule is O=C(/C=C/c1cccnc1)NCCCCC1CCN(C(=O)c2ccc(C3CCN(C(=O)CCSc4cccc5c4C(=O)N(C4CCC(=O)NC4=O)C5=O)CC3)cc2)CC1. The monoisotopic (exact) mass is 818 g/mol. The van der Waals surface area contributed by atoms with Crippen LogP contribution >= 0.6 is 11.8 Å². The van der Waals surface area contributed by atoms with Gasteiger partial charge in [0.1, 0.15) is 6.04 Å². The summed E-state index contributed by atoms with van der Waals surface area (Å²) < 4.78 is 0. The first-order valence-electron chi connectivity index (χ1n) is 20.7. The Hall–Kier alpha value is -5.63. The van der Waals surface area contributed by atoms with E-state index in [9.17, 15) is 33.6 Å². The van der Waals surface area contributed by atoms with E-state index in [0.29, 0.717) is 47.7 Å². The highest BCUT2D eigenvalue weighted by Gasteiger charge is 2.45. The third-order valence-corrected chi connectivity index (χ3v) is 12.9. The van der Waals surface area contributed by atoms with Crippen LogP contribution in [0.5, 0.6) is 0 Å². The summed E-state index contributed by atoms with van der Waals surface area (Å²) in [6.45, 7) is 3.42. The summed E-state index contributed by atoms with van der Waals surface area (Å²) in [5, 5.41) is 5.16. The number of hydrogen-bond acceptors (Lipinski definition) is 9. The Morgan fingerprint density at radius 2 is 1.61 bits per heavy atom. The van der Waals surface area contributed by atoms with E-state index in [2.05, 4.69) is 27.8 Å². The fourth-order valence-corrected chi connectivity index (χ4v) is 9.47. The molecule has 13 nitrogen and oxygen atoms in total. The fraction of sp³-hybridized carbons (Fsp3) is 0.422. The van der Waals surface area contributed by atoms with Gasteiger partial charge in [-0.2, -0.15) is 0 Å². The Kier molecular flexibility index (Phi) is 13.7. The van der Waals surface area contributed by atoms with Crippen molar-refractivity contribution in [2.24, 2.45) is 5.92 Å². The molecule has 0 saturated carbocycles. The largest absolute Gasteiger partial charge is 0.353 e. The second kappa shape index (κ2) is 19.4. The van der Waals surface area contributed by atoms with Crippen LogP contribution in [-0.4, -0.2) is 106 Å². The first-order valence-corrected chi connectivity index (χ1v) is 21.6. The molecular weight excluding hydrogens is 769 g/mol. The minimum atomic E-state index is -1.03. The average molecular weight is 819 g/mol. The van der Waals surface area contributed by atoms with Gasteiger partial charge in [0, 0.05) is 80.2 Å². The Morgan fingerprint density at radius 3 is 2.34 bits per heavy atom. The number of pyridine rings is 1. The van der Waals surface area contributed by atoms with E-state index in [1.54, 1.807) is 36.7 Å². The van der Waals surface area contributed by atoms with E-state index in [1.165, 1.54) is 23.4 Å². The Bertz CT molecular complexity index is 2090. The summed E-state index contributed by atoms with van der Waals surface area (Å²) >= 11 is 1.34. The molecule has 7 rings (SSSR count). The number of thioether (sulfide) groups is 1. The van der Waals surface area contributed by atoms with Gasteiger partial charge in [-0.25, -0.2) is 0 Å². The molecular formula is C45H50N6O7S. The quantitative estimate of drug-likeness (QED) is 0.0960. The van der Waals surface area contributed by atoms with E-state index in [-0.39, 0.29) is 48.1 Å². The molecule has 2 aromatic carbocycles. The fourth-order valence-electron chi connectivity index (χ4n) is 8.45. The van der Waals surface area contributed by atoms with E-state index < -0.39 is 29.7 Å². The first-order chi connectivity index (χ1) is 28.7. The smallest absolute Gasteiger partial charge is 0.263 e. The van der Waals surface area contributed by atoms with Crippen molar-refractivity contribution in [2.75, 3.05) is 38.5 Å². The number of imide groups is 2. The molecule has 14 heteroatoms. The van der Waals surface area contributed by atoms with Crippen molar-refractivity contribution in [3.05, 3.63) is 101 Å². The zero-order chi connectivity index (χ0) is 41.3. The molecule has 1 atom stereocenters. The summed E-state index contributed by atoms with van der Waals surface area (Å²) in [5.74, 6) is -0.858. The van der Waals surface area contributed by atoms with Crippen molar-refractivity contribution < 1.29 is 33.6 Å². The van der Waals surface area contributed by atoms with Crippen molar-refractivity contribution in [2.45, 2.75) is 81.1 Å². The minimum Gasteiger partial charge on any atom is -0.353 e. The highest BCUT2D eigenvalue weighted by atomic mass is 32.2. The van der Waals surface area contributed by atoms with Crippen LogP contribution in [0.25, 0.3) is 6.08 Å². The lowest BCUT2D eigenvalue weighted by Crippen LogP contribution is -2.54. The zero-order valence-electron chi connectivity index (χ0n) is 33.1. The molecule has 5 heterocycles. The van der Waals surface area contributed by atoms with Crippen LogP contribution in [0.2, 0.25) is 0 Å². The molecule has 3 saturated heterocycles. The second-order valence-electron chi connectivity index (χ2n) is 15.6. The highest BCUT2D eigenvalue weighted by molar-refractivity contribution is 7.99. The maximum Gasteiger partial charge on any atom is 0.263 e. The molecule has 7 amide bonds. The summed E-state index contributed by atoms with van der Waals surface area (Å²) in [6.07, 6.45) is 13.8. The van der Waals surface area contributed by atoms with Gasteiger partial charge in [-0.05, 0) is 97.9 Å². The minimum absolute atomic E-state index is 0.0374. The average Bonchev–Trinajstić information content (AvgIpc) is 3.52. The lowest BCUT2D eigenvalue weighted by Gasteiger charge is -2.33. The van der Waals surface area contributed by atoms with Gasteiger partial charge in [-0.3, -0.25) is 48.8 Å². The standard InChI is InChI=1S/C45H50N6O7S/c52-38(15-9-31-6-4-22-46-29-31)47-23-2-1-5-30-17-24-50(25-18-30)43(56)34-12-10-32(11-13-34)33-19-26-49(27-20-33)40(54)21-28-59-37-8-3-7-35-41(37)45(58)51(44(35)57)36-14-16-39(53)48-42(36)55/h3-4,6-13,15,22,29-30,33,36H,1-2,5,14,16-21,23-28H2,(H,47,52)(H,48,53,55)/b15-9+. The Labute approximate surface area is 348 Å². The molecule has 0 spiro atoms. The van der Waals surface area contributed by atoms with Gasteiger partial charge in [0.2, 0.25) is 23.6 Å². The molecule has 308 valence electrons. The van der Waals surface area contributed by atoms with Gasteiger partial charge in [0.25, 0.3) is 17.7 Å². The number of benzene rings is 2.